The summed E-state index contributed by atoms with van der Waals surface area (Å²) in [5.74, 6) is 2.19. The van der Waals surface area contributed by atoms with E-state index in [0.717, 1.165) is 34.1 Å². The van der Waals surface area contributed by atoms with Crippen LogP contribution in [0, 0.1) is 6.92 Å². The first kappa shape index (κ1) is 14.0. The van der Waals surface area contributed by atoms with Crippen LogP contribution in [0.5, 0.6) is 0 Å². The van der Waals surface area contributed by atoms with E-state index < -0.39 is 0 Å². The monoisotopic (exact) mass is 335 g/mol. The van der Waals surface area contributed by atoms with Crippen molar-refractivity contribution in [3.05, 3.63) is 40.8 Å². The SMILES string of the molecule is Cc1nc2sc3c(c2c2nc(-c4ccncc4)nn12)C(C)CCC3. The first-order valence-corrected chi connectivity index (χ1v) is 9.13. The van der Waals surface area contributed by atoms with Crippen LogP contribution in [-0.2, 0) is 6.42 Å². The standard InChI is InChI=1S/C18H17N5S/c1-10-4-3-5-13-14(10)15-17-21-16(12-6-8-19-9-7-12)22-23(17)11(2)20-18(15)24-13/h6-10H,3-5H2,1-2H3. The lowest BCUT2D eigenvalue weighted by molar-refractivity contribution is 0.602. The highest BCUT2D eigenvalue weighted by Crippen LogP contribution is 2.43. The number of fused-ring (bicyclic) bond motifs is 5. The fourth-order valence-electron chi connectivity index (χ4n) is 3.71. The van der Waals surface area contributed by atoms with E-state index in [9.17, 15) is 0 Å². The van der Waals surface area contributed by atoms with Crippen molar-refractivity contribution < 1.29 is 0 Å². The first-order chi connectivity index (χ1) is 11.7. The van der Waals surface area contributed by atoms with Crippen LogP contribution in [0.4, 0.5) is 0 Å². The number of thiophene rings is 1. The summed E-state index contributed by atoms with van der Waals surface area (Å²) >= 11 is 1.84. The highest BCUT2D eigenvalue weighted by molar-refractivity contribution is 7.19. The van der Waals surface area contributed by atoms with E-state index in [4.69, 9.17) is 15.1 Å². The maximum absolute atomic E-state index is 4.88. The zero-order valence-electron chi connectivity index (χ0n) is 13.7. The quantitative estimate of drug-likeness (QED) is 0.524. The fraction of sp³-hybridized carbons (Fsp3) is 0.333. The number of hydrogen-bond donors (Lipinski definition) is 0. The summed E-state index contributed by atoms with van der Waals surface area (Å²) in [7, 11) is 0. The summed E-state index contributed by atoms with van der Waals surface area (Å²) in [5, 5.41) is 5.91. The molecular weight excluding hydrogens is 318 g/mol. The van der Waals surface area contributed by atoms with Gasteiger partial charge in [-0.2, -0.15) is 4.52 Å². The van der Waals surface area contributed by atoms with Crippen LogP contribution in [0.2, 0.25) is 0 Å². The van der Waals surface area contributed by atoms with Crippen molar-refractivity contribution in [2.45, 2.75) is 39.0 Å². The van der Waals surface area contributed by atoms with Crippen LogP contribution in [0.15, 0.2) is 24.5 Å². The Morgan fingerprint density at radius 1 is 1.21 bits per heavy atom. The van der Waals surface area contributed by atoms with Crippen molar-refractivity contribution in [2.24, 2.45) is 0 Å². The molecule has 0 radical (unpaired) electrons. The minimum absolute atomic E-state index is 0.567. The van der Waals surface area contributed by atoms with Gasteiger partial charge in [-0.3, -0.25) is 4.98 Å². The number of aromatic nitrogens is 5. The van der Waals surface area contributed by atoms with E-state index in [-0.39, 0.29) is 0 Å². The lowest BCUT2D eigenvalue weighted by Gasteiger charge is -2.18. The molecule has 0 saturated carbocycles. The van der Waals surface area contributed by atoms with Crippen molar-refractivity contribution in [3.8, 4) is 11.4 Å². The molecule has 1 aliphatic carbocycles. The molecule has 24 heavy (non-hydrogen) atoms. The van der Waals surface area contributed by atoms with E-state index in [1.807, 2.05) is 34.9 Å². The lowest BCUT2D eigenvalue weighted by Crippen LogP contribution is -2.05. The van der Waals surface area contributed by atoms with Gasteiger partial charge in [0, 0.05) is 22.8 Å². The highest BCUT2D eigenvalue weighted by Gasteiger charge is 2.26. The molecule has 0 saturated heterocycles. The van der Waals surface area contributed by atoms with Crippen LogP contribution < -0.4 is 0 Å². The van der Waals surface area contributed by atoms with Gasteiger partial charge < -0.3 is 0 Å². The Hall–Kier alpha value is -2.34. The average Bonchev–Trinajstić information content (AvgIpc) is 3.18. The third-order valence-corrected chi connectivity index (χ3v) is 6.04. The van der Waals surface area contributed by atoms with E-state index in [1.54, 1.807) is 12.4 Å². The normalized spacial score (nSPS) is 17.5. The number of nitrogens with zero attached hydrogens (tertiary/aromatic N) is 5. The van der Waals surface area contributed by atoms with Gasteiger partial charge in [-0.15, -0.1) is 16.4 Å². The molecule has 0 amide bonds. The van der Waals surface area contributed by atoms with Crippen molar-refractivity contribution in [3.63, 3.8) is 0 Å². The van der Waals surface area contributed by atoms with Gasteiger partial charge in [-0.1, -0.05) is 6.92 Å². The summed E-state index contributed by atoms with van der Waals surface area (Å²) in [6.07, 6.45) is 7.22. The molecule has 0 aliphatic heterocycles. The number of pyridine rings is 1. The second-order valence-electron chi connectivity index (χ2n) is 6.48. The van der Waals surface area contributed by atoms with Gasteiger partial charge in [0.15, 0.2) is 11.5 Å². The van der Waals surface area contributed by atoms with Gasteiger partial charge in [0.2, 0.25) is 0 Å². The molecule has 6 heteroatoms. The average molecular weight is 335 g/mol. The Kier molecular flexibility index (Phi) is 2.97. The summed E-state index contributed by atoms with van der Waals surface area (Å²) < 4.78 is 1.90. The molecule has 120 valence electrons. The molecule has 0 N–H and O–H groups in total. The molecule has 1 aliphatic rings. The van der Waals surface area contributed by atoms with Gasteiger partial charge in [-0.05, 0) is 49.8 Å². The molecule has 0 bridgehead atoms. The minimum atomic E-state index is 0.567. The second kappa shape index (κ2) is 5.08. The van der Waals surface area contributed by atoms with E-state index in [0.29, 0.717) is 5.92 Å². The Balaban J connectivity index is 1.86. The van der Waals surface area contributed by atoms with Gasteiger partial charge in [0.1, 0.15) is 10.7 Å². The molecular formula is C18H17N5S. The topological polar surface area (TPSA) is 56.0 Å². The van der Waals surface area contributed by atoms with Crippen molar-refractivity contribution in [1.82, 2.24) is 24.6 Å². The Morgan fingerprint density at radius 3 is 2.88 bits per heavy atom. The molecule has 5 rings (SSSR count). The highest BCUT2D eigenvalue weighted by atomic mass is 32.1. The van der Waals surface area contributed by atoms with Crippen LogP contribution in [0.1, 0.15) is 41.9 Å². The zero-order valence-corrected chi connectivity index (χ0v) is 14.5. The molecule has 1 unspecified atom stereocenters. The predicted octanol–water partition coefficient (Wildman–Crippen LogP) is 4.15. The molecule has 0 fully saturated rings. The predicted molar refractivity (Wildman–Crippen MR) is 95.5 cm³/mol. The van der Waals surface area contributed by atoms with E-state index in [1.165, 1.54) is 28.7 Å². The molecule has 0 aromatic carbocycles. The Bertz CT molecular complexity index is 1060. The molecule has 4 heterocycles. The van der Waals surface area contributed by atoms with Crippen LogP contribution in [0.3, 0.4) is 0 Å². The minimum Gasteiger partial charge on any atom is -0.265 e. The third-order valence-electron chi connectivity index (χ3n) is 4.88. The summed E-state index contributed by atoms with van der Waals surface area (Å²) in [6.45, 7) is 4.32. The smallest absolute Gasteiger partial charge is 0.182 e. The van der Waals surface area contributed by atoms with E-state index >= 15 is 0 Å². The number of hydrogen-bond acceptors (Lipinski definition) is 5. The van der Waals surface area contributed by atoms with E-state index in [2.05, 4.69) is 11.9 Å². The fourth-order valence-corrected chi connectivity index (χ4v) is 5.08. The lowest BCUT2D eigenvalue weighted by atomic mass is 9.87. The Labute approximate surface area is 143 Å². The summed E-state index contributed by atoms with van der Waals surface area (Å²) in [4.78, 5) is 16.4. The molecule has 4 aromatic rings. The van der Waals surface area contributed by atoms with Gasteiger partial charge in [0.25, 0.3) is 0 Å². The maximum atomic E-state index is 4.88. The van der Waals surface area contributed by atoms with Gasteiger partial charge in [0.05, 0.1) is 5.39 Å². The molecule has 1 atom stereocenters. The van der Waals surface area contributed by atoms with Gasteiger partial charge >= 0.3 is 0 Å². The maximum Gasteiger partial charge on any atom is 0.182 e. The van der Waals surface area contributed by atoms with Crippen molar-refractivity contribution >= 4 is 27.2 Å². The molecule has 4 aromatic heterocycles. The van der Waals surface area contributed by atoms with Crippen molar-refractivity contribution in [1.29, 1.82) is 0 Å². The van der Waals surface area contributed by atoms with Gasteiger partial charge in [-0.25, -0.2) is 9.97 Å². The molecule has 5 nitrogen and oxygen atoms in total. The zero-order chi connectivity index (χ0) is 16.3. The van der Waals surface area contributed by atoms with Crippen LogP contribution >= 0.6 is 11.3 Å². The second-order valence-corrected chi connectivity index (χ2v) is 7.56. The Morgan fingerprint density at radius 2 is 2.04 bits per heavy atom. The summed E-state index contributed by atoms with van der Waals surface area (Å²) in [5.41, 5.74) is 3.38. The summed E-state index contributed by atoms with van der Waals surface area (Å²) in [6, 6.07) is 3.89. The number of aryl methyl sites for hydroxylation is 2. The molecule has 0 spiro atoms. The third kappa shape index (κ3) is 1.92. The van der Waals surface area contributed by atoms with Crippen LogP contribution in [-0.4, -0.2) is 24.6 Å². The largest absolute Gasteiger partial charge is 0.265 e. The van der Waals surface area contributed by atoms with Crippen molar-refractivity contribution in [2.75, 3.05) is 0 Å². The van der Waals surface area contributed by atoms with Crippen LogP contribution in [0.25, 0.3) is 27.3 Å². The number of rotatable bonds is 1. The first-order valence-electron chi connectivity index (χ1n) is 8.31.